The van der Waals surface area contributed by atoms with Gasteiger partial charge in [0.1, 0.15) is 6.04 Å². The molecule has 0 radical (unpaired) electrons. The summed E-state index contributed by atoms with van der Waals surface area (Å²) >= 11 is 5.96. The summed E-state index contributed by atoms with van der Waals surface area (Å²) < 4.78 is 0. The first kappa shape index (κ1) is 16.0. The van der Waals surface area contributed by atoms with E-state index in [-0.39, 0.29) is 11.8 Å². The van der Waals surface area contributed by atoms with Gasteiger partial charge in [-0.1, -0.05) is 29.8 Å². The molecule has 2 N–H and O–H groups in total. The lowest BCUT2D eigenvalue weighted by Crippen LogP contribution is -2.44. The first-order chi connectivity index (χ1) is 10.6. The zero-order chi connectivity index (χ0) is 15.9. The molecule has 22 heavy (non-hydrogen) atoms. The van der Waals surface area contributed by atoms with E-state index in [2.05, 4.69) is 15.6 Å². The third-order valence-corrected chi connectivity index (χ3v) is 3.38. The molecule has 1 aromatic heterocycles. The van der Waals surface area contributed by atoms with Crippen LogP contribution in [-0.2, 0) is 11.3 Å². The maximum atomic E-state index is 12.1. The maximum Gasteiger partial charge on any atom is 0.253 e. The fourth-order valence-electron chi connectivity index (χ4n) is 1.83. The van der Waals surface area contributed by atoms with Crippen molar-refractivity contribution in [3.05, 3.63) is 64.9 Å². The SMILES string of the molecule is C[C@@H](NC(=O)c1ccccc1Cl)C(=O)NCc1cccnc1. The highest BCUT2D eigenvalue weighted by molar-refractivity contribution is 6.33. The molecule has 0 aliphatic carbocycles. The van der Waals surface area contributed by atoms with Crippen molar-refractivity contribution in [1.29, 1.82) is 0 Å². The largest absolute Gasteiger partial charge is 0.350 e. The van der Waals surface area contributed by atoms with E-state index in [1.54, 1.807) is 49.6 Å². The third-order valence-electron chi connectivity index (χ3n) is 3.05. The number of rotatable bonds is 5. The number of nitrogens with zero attached hydrogens (tertiary/aromatic N) is 1. The number of amides is 2. The Hall–Kier alpha value is -2.40. The Morgan fingerprint density at radius 3 is 2.68 bits per heavy atom. The molecule has 1 aromatic carbocycles. The van der Waals surface area contributed by atoms with Gasteiger partial charge in [-0.2, -0.15) is 0 Å². The second-order valence-electron chi connectivity index (χ2n) is 4.75. The molecule has 114 valence electrons. The van der Waals surface area contributed by atoms with Crippen LogP contribution in [0.1, 0.15) is 22.8 Å². The molecule has 2 aromatic rings. The van der Waals surface area contributed by atoms with Gasteiger partial charge in [0.2, 0.25) is 5.91 Å². The quantitative estimate of drug-likeness (QED) is 0.888. The number of benzene rings is 1. The van der Waals surface area contributed by atoms with E-state index < -0.39 is 6.04 Å². The lowest BCUT2D eigenvalue weighted by Gasteiger charge is -2.14. The minimum Gasteiger partial charge on any atom is -0.350 e. The summed E-state index contributed by atoms with van der Waals surface area (Å²) in [7, 11) is 0. The van der Waals surface area contributed by atoms with Gasteiger partial charge in [-0.15, -0.1) is 0 Å². The van der Waals surface area contributed by atoms with Gasteiger partial charge >= 0.3 is 0 Å². The number of halogens is 1. The van der Waals surface area contributed by atoms with Gasteiger partial charge in [-0.05, 0) is 30.7 Å². The molecule has 2 amide bonds. The summed E-state index contributed by atoms with van der Waals surface area (Å²) in [5.41, 5.74) is 1.23. The lowest BCUT2D eigenvalue weighted by atomic mass is 10.2. The fourth-order valence-corrected chi connectivity index (χ4v) is 2.05. The van der Waals surface area contributed by atoms with Crippen molar-refractivity contribution < 1.29 is 9.59 Å². The van der Waals surface area contributed by atoms with Crippen LogP contribution in [-0.4, -0.2) is 22.8 Å². The molecule has 0 aliphatic rings. The normalized spacial score (nSPS) is 11.5. The first-order valence-corrected chi connectivity index (χ1v) is 7.17. The monoisotopic (exact) mass is 317 g/mol. The molecule has 0 saturated carbocycles. The van der Waals surface area contributed by atoms with Crippen LogP contribution in [0.25, 0.3) is 0 Å². The smallest absolute Gasteiger partial charge is 0.253 e. The van der Waals surface area contributed by atoms with E-state index in [0.29, 0.717) is 17.1 Å². The molecule has 5 nitrogen and oxygen atoms in total. The van der Waals surface area contributed by atoms with Crippen molar-refractivity contribution in [3.8, 4) is 0 Å². The van der Waals surface area contributed by atoms with E-state index in [4.69, 9.17) is 11.6 Å². The molecule has 0 unspecified atom stereocenters. The molecular formula is C16H16ClN3O2. The van der Waals surface area contributed by atoms with Crippen LogP contribution in [0.15, 0.2) is 48.8 Å². The molecule has 0 spiro atoms. The van der Waals surface area contributed by atoms with E-state index in [1.165, 1.54) is 0 Å². The van der Waals surface area contributed by atoms with Crippen LogP contribution >= 0.6 is 11.6 Å². The van der Waals surface area contributed by atoms with Crippen LogP contribution in [0.5, 0.6) is 0 Å². The summed E-state index contributed by atoms with van der Waals surface area (Å²) in [4.78, 5) is 28.0. The Morgan fingerprint density at radius 1 is 1.23 bits per heavy atom. The summed E-state index contributed by atoms with van der Waals surface area (Å²) in [6.07, 6.45) is 3.34. The second kappa shape index (κ2) is 7.56. The number of hydrogen-bond acceptors (Lipinski definition) is 3. The lowest BCUT2D eigenvalue weighted by molar-refractivity contribution is -0.122. The second-order valence-corrected chi connectivity index (χ2v) is 5.16. The average Bonchev–Trinajstić information content (AvgIpc) is 2.53. The van der Waals surface area contributed by atoms with Gasteiger partial charge < -0.3 is 10.6 Å². The molecule has 0 fully saturated rings. The van der Waals surface area contributed by atoms with Gasteiger partial charge in [0, 0.05) is 18.9 Å². The Labute approximate surface area is 133 Å². The minimum absolute atomic E-state index is 0.274. The molecule has 1 heterocycles. The number of pyridine rings is 1. The highest BCUT2D eigenvalue weighted by Gasteiger charge is 2.17. The maximum absolute atomic E-state index is 12.1. The number of aromatic nitrogens is 1. The zero-order valence-electron chi connectivity index (χ0n) is 12.0. The van der Waals surface area contributed by atoms with Gasteiger partial charge in [0.05, 0.1) is 10.6 Å². The van der Waals surface area contributed by atoms with Crippen molar-refractivity contribution in [2.75, 3.05) is 0 Å². The van der Waals surface area contributed by atoms with Crippen molar-refractivity contribution in [2.45, 2.75) is 19.5 Å². The number of hydrogen-bond donors (Lipinski definition) is 2. The van der Waals surface area contributed by atoms with Crippen molar-refractivity contribution >= 4 is 23.4 Å². The van der Waals surface area contributed by atoms with Gasteiger partial charge in [0.25, 0.3) is 5.91 Å². The topological polar surface area (TPSA) is 71.1 Å². The Bertz CT molecular complexity index is 661. The minimum atomic E-state index is -0.666. The van der Waals surface area contributed by atoms with Crippen molar-refractivity contribution in [2.24, 2.45) is 0 Å². The zero-order valence-corrected chi connectivity index (χ0v) is 12.8. The summed E-state index contributed by atoms with van der Waals surface area (Å²) in [5, 5.41) is 5.72. The molecule has 6 heteroatoms. The van der Waals surface area contributed by atoms with E-state index in [1.807, 2.05) is 6.07 Å². The summed E-state index contributed by atoms with van der Waals surface area (Å²) in [5.74, 6) is -0.654. The Kier molecular flexibility index (Phi) is 5.49. The first-order valence-electron chi connectivity index (χ1n) is 6.80. The molecule has 1 atom stereocenters. The average molecular weight is 318 g/mol. The number of nitrogens with one attached hydrogen (secondary N) is 2. The molecule has 2 rings (SSSR count). The highest BCUT2D eigenvalue weighted by atomic mass is 35.5. The standard InChI is InChI=1S/C16H16ClN3O2/c1-11(15(21)19-10-12-5-4-8-18-9-12)20-16(22)13-6-2-3-7-14(13)17/h2-9,11H,10H2,1H3,(H,19,21)(H,20,22)/t11-/m1/s1. The predicted octanol–water partition coefficient (Wildman–Crippen LogP) is 2.17. The number of carbonyl (C=O) groups excluding carboxylic acids is 2. The van der Waals surface area contributed by atoms with Gasteiger partial charge in [-0.25, -0.2) is 0 Å². The molecule has 0 bridgehead atoms. The summed E-state index contributed by atoms with van der Waals surface area (Å²) in [6.45, 7) is 1.98. The highest BCUT2D eigenvalue weighted by Crippen LogP contribution is 2.14. The molecular weight excluding hydrogens is 302 g/mol. The summed E-state index contributed by atoms with van der Waals surface area (Å²) in [6, 6.07) is 9.68. The van der Waals surface area contributed by atoms with Crippen molar-refractivity contribution in [1.82, 2.24) is 15.6 Å². The molecule has 0 saturated heterocycles. The van der Waals surface area contributed by atoms with Gasteiger partial charge in [-0.3, -0.25) is 14.6 Å². The number of carbonyl (C=O) groups is 2. The van der Waals surface area contributed by atoms with Crippen LogP contribution in [0, 0.1) is 0 Å². The van der Waals surface area contributed by atoms with Crippen LogP contribution < -0.4 is 10.6 Å². The Morgan fingerprint density at radius 2 is 2.00 bits per heavy atom. The van der Waals surface area contributed by atoms with Crippen molar-refractivity contribution in [3.63, 3.8) is 0 Å². The van der Waals surface area contributed by atoms with Crippen LogP contribution in [0.4, 0.5) is 0 Å². The van der Waals surface area contributed by atoms with Crippen LogP contribution in [0.2, 0.25) is 5.02 Å². The third kappa shape index (κ3) is 4.30. The Balaban J connectivity index is 1.89. The van der Waals surface area contributed by atoms with Gasteiger partial charge in [0.15, 0.2) is 0 Å². The predicted molar refractivity (Wildman–Crippen MR) is 84.5 cm³/mol. The van der Waals surface area contributed by atoms with E-state index in [0.717, 1.165) is 5.56 Å². The van der Waals surface area contributed by atoms with E-state index in [9.17, 15) is 9.59 Å². The molecule has 0 aliphatic heterocycles. The fraction of sp³-hybridized carbons (Fsp3) is 0.188. The van der Waals surface area contributed by atoms with E-state index >= 15 is 0 Å². The van der Waals surface area contributed by atoms with Crippen LogP contribution in [0.3, 0.4) is 0 Å².